The van der Waals surface area contributed by atoms with Crippen molar-refractivity contribution in [2.45, 2.75) is 57.4 Å². The number of aromatic nitrogens is 1. The Morgan fingerprint density at radius 2 is 2.03 bits per heavy atom. The summed E-state index contributed by atoms with van der Waals surface area (Å²) in [5, 5.41) is 3.97. The fraction of sp³-hybridized carbons (Fsp3) is 0.414. The second-order valence-electron chi connectivity index (χ2n) is 10.1. The summed E-state index contributed by atoms with van der Waals surface area (Å²) in [6.45, 7) is 3.67. The first-order valence-electron chi connectivity index (χ1n) is 13.2. The molecule has 1 saturated carbocycles. The van der Waals surface area contributed by atoms with Crippen molar-refractivity contribution in [2.75, 3.05) is 19.7 Å². The van der Waals surface area contributed by atoms with Gasteiger partial charge in [-0.3, -0.25) is 4.79 Å². The highest BCUT2D eigenvalue weighted by molar-refractivity contribution is 7.15. The first-order valence-corrected chi connectivity index (χ1v) is 14.0. The lowest BCUT2D eigenvalue weighted by Gasteiger charge is -2.35. The van der Waals surface area contributed by atoms with E-state index >= 15 is 0 Å². The molecule has 37 heavy (non-hydrogen) atoms. The molecule has 6 rings (SSSR count). The number of aryl methyl sites for hydroxylation is 1. The number of fused-ring (bicyclic) bond motifs is 1. The first kappa shape index (κ1) is 24.0. The van der Waals surface area contributed by atoms with Crippen molar-refractivity contribution < 1.29 is 19.1 Å². The van der Waals surface area contributed by atoms with Crippen LogP contribution in [0.2, 0.25) is 0 Å². The molecular weight excluding hydrogens is 486 g/mol. The summed E-state index contributed by atoms with van der Waals surface area (Å²) in [4.78, 5) is 34.3. The topological polar surface area (TPSA) is 80.8 Å². The standard InChI is InChI=1S/C29H31N3O4S/c1-18-6-4-7-20(16-18)26-25(31-27(37-26)19-11-12-19)28(33)32-14-3-2-8-21(32)17-30-29(34)36-24-10-5-9-23-22(24)13-15-35-23/h4-7,9-10,16,19,21H,2-3,8,11-15,17H2,1H3,(H,30,34)/t21-/m0/s1. The van der Waals surface area contributed by atoms with Crippen LogP contribution in [0.4, 0.5) is 4.79 Å². The molecule has 0 unspecified atom stereocenters. The van der Waals surface area contributed by atoms with Gasteiger partial charge in [0.1, 0.15) is 17.2 Å². The summed E-state index contributed by atoms with van der Waals surface area (Å²) in [6.07, 6.45) is 5.30. The number of likely N-dealkylation sites (tertiary alicyclic amines) is 1. The zero-order chi connectivity index (χ0) is 25.4. The van der Waals surface area contributed by atoms with Crippen LogP contribution in [-0.4, -0.2) is 47.6 Å². The molecule has 1 aromatic heterocycles. The average molecular weight is 518 g/mol. The molecule has 0 spiro atoms. The van der Waals surface area contributed by atoms with Crippen LogP contribution in [0, 0.1) is 6.92 Å². The van der Waals surface area contributed by atoms with Crippen LogP contribution in [0.25, 0.3) is 10.4 Å². The number of benzene rings is 2. The number of hydrogen-bond donors (Lipinski definition) is 1. The minimum Gasteiger partial charge on any atom is -0.493 e. The molecule has 1 atom stereocenters. The highest BCUT2D eigenvalue weighted by Gasteiger charge is 2.34. The van der Waals surface area contributed by atoms with Gasteiger partial charge >= 0.3 is 6.09 Å². The molecule has 2 aromatic carbocycles. The molecule has 2 aliphatic heterocycles. The molecule has 1 N–H and O–H groups in total. The van der Waals surface area contributed by atoms with E-state index in [2.05, 4.69) is 30.4 Å². The molecule has 0 radical (unpaired) electrons. The summed E-state index contributed by atoms with van der Waals surface area (Å²) >= 11 is 1.66. The summed E-state index contributed by atoms with van der Waals surface area (Å²) in [7, 11) is 0. The highest BCUT2D eigenvalue weighted by atomic mass is 32.1. The van der Waals surface area contributed by atoms with E-state index in [0.29, 0.717) is 37.1 Å². The zero-order valence-electron chi connectivity index (χ0n) is 21.0. The Morgan fingerprint density at radius 3 is 2.86 bits per heavy atom. The van der Waals surface area contributed by atoms with Crippen molar-refractivity contribution >= 4 is 23.3 Å². The Bertz CT molecular complexity index is 1330. The third-order valence-electron chi connectivity index (χ3n) is 7.33. The Balaban J connectivity index is 1.18. The molecule has 1 saturated heterocycles. The summed E-state index contributed by atoms with van der Waals surface area (Å²) in [5.74, 6) is 1.74. The van der Waals surface area contributed by atoms with Gasteiger partial charge in [0.15, 0.2) is 0 Å². The van der Waals surface area contributed by atoms with Crippen LogP contribution in [0.3, 0.4) is 0 Å². The Kier molecular flexibility index (Phi) is 6.59. The third kappa shape index (κ3) is 5.07. The van der Waals surface area contributed by atoms with Crippen molar-refractivity contribution in [1.82, 2.24) is 15.2 Å². The van der Waals surface area contributed by atoms with Gasteiger partial charge in [-0.1, -0.05) is 35.9 Å². The van der Waals surface area contributed by atoms with E-state index in [9.17, 15) is 9.59 Å². The van der Waals surface area contributed by atoms with Crippen molar-refractivity contribution in [3.05, 3.63) is 64.3 Å². The molecule has 1 aliphatic carbocycles. The van der Waals surface area contributed by atoms with Crippen LogP contribution in [0.1, 0.15) is 64.6 Å². The van der Waals surface area contributed by atoms with E-state index in [0.717, 1.165) is 70.8 Å². The van der Waals surface area contributed by atoms with Gasteiger partial charge in [-0.2, -0.15) is 0 Å². The number of piperidine rings is 1. The van der Waals surface area contributed by atoms with Gasteiger partial charge in [0.25, 0.3) is 5.91 Å². The predicted molar refractivity (Wildman–Crippen MR) is 143 cm³/mol. The number of thiazole rings is 1. The molecule has 3 aliphatic rings. The summed E-state index contributed by atoms with van der Waals surface area (Å²) < 4.78 is 11.2. The smallest absolute Gasteiger partial charge is 0.412 e. The predicted octanol–water partition coefficient (Wildman–Crippen LogP) is 5.71. The first-order chi connectivity index (χ1) is 18.1. The van der Waals surface area contributed by atoms with Gasteiger partial charge in [0.05, 0.1) is 16.5 Å². The van der Waals surface area contributed by atoms with E-state index in [1.165, 1.54) is 0 Å². The lowest BCUT2D eigenvalue weighted by molar-refractivity contribution is 0.0607. The average Bonchev–Trinajstić information content (AvgIpc) is 3.47. The highest BCUT2D eigenvalue weighted by Crippen LogP contribution is 2.45. The number of nitrogens with one attached hydrogen (secondary N) is 1. The SMILES string of the molecule is Cc1cccc(-c2sc(C3CC3)nc2C(=O)N2CCCC[C@H]2CNC(=O)Oc2cccc3c2CCO3)c1. The van der Waals surface area contributed by atoms with E-state index in [-0.39, 0.29) is 11.9 Å². The second-order valence-corrected chi connectivity index (χ2v) is 11.2. The minimum atomic E-state index is -0.511. The molecule has 3 aromatic rings. The van der Waals surface area contributed by atoms with E-state index in [1.54, 1.807) is 17.4 Å². The normalized spacial score (nSPS) is 18.7. The Morgan fingerprint density at radius 1 is 1.16 bits per heavy atom. The maximum Gasteiger partial charge on any atom is 0.412 e. The maximum atomic E-state index is 13.9. The third-order valence-corrected chi connectivity index (χ3v) is 8.59. The van der Waals surface area contributed by atoms with Crippen LogP contribution in [0.15, 0.2) is 42.5 Å². The van der Waals surface area contributed by atoms with Crippen LogP contribution < -0.4 is 14.8 Å². The van der Waals surface area contributed by atoms with Crippen LogP contribution in [0.5, 0.6) is 11.5 Å². The largest absolute Gasteiger partial charge is 0.493 e. The summed E-state index contributed by atoms with van der Waals surface area (Å²) in [5.41, 5.74) is 3.67. The van der Waals surface area contributed by atoms with Crippen molar-refractivity contribution in [2.24, 2.45) is 0 Å². The Hall–Kier alpha value is -3.39. The number of amides is 2. The van der Waals surface area contributed by atoms with Gasteiger partial charge in [-0.15, -0.1) is 11.3 Å². The van der Waals surface area contributed by atoms with Gasteiger partial charge in [0.2, 0.25) is 0 Å². The molecule has 2 amide bonds. The number of carbonyl (C=O) groups is 2. The number of carbonyl (C=O) groups excluding carboxylic acids is 2. The lowest BCUT2D eigenvalue weighted by Crippen LogP contribution is -2.50. The fourth-order valence-corrected chi connectivity index (χ4v) is 6.43. The minimum absolute atomic E-state index is 0.0439. The van der Waals surface area contributed by atoms with Crippen LogP contribution >= 0.6 is 11.3 Å². The number of rotatable bonds is 6. The van der Waals surface area contributed by atoms with Gasteiger partial charge in [0, 0.05) is 37.0 Å². The second kappa shape index (κ2) is 10.2. The Labute approximate surface area is 220 Å². The van der Waals surface area contributed by atoms with Crippen LogP contribution in [-0.2, 0) is 6.42 Å². The maximum absolute atomic E-state index is 13.9. The summed E-state index contributed by atoms with van der Waals surface area (Å²) in [6, 6.07) is 13.7. The molecule has 7 nitrogen and oxygen atoms in total. The molecule has 3 heterocycles. The van der Waals surface area contributed by atoms with Gasteiger partial charge < -0.3 is 19.7 Å². The monoisotopic (exact) mass is 517 g/mol. The molecule has 8 heteroatoms. The number of hydrogen-bond acceptors (Lipinski definition) is 6. The molecule has 0 bridgehead atoms. The van der Waals surface area contributed by atoms with E-state index < -0.39 is 6.09 Å². The molecular formula is C29H31N3O4S. The molecule has 2 fully saturated rings. The quantitative estimate of drug-likeness (QED) is 0.453. The van der Waals surface area contributed by atoms with Gasteiger partial charge in [-0.25, -0.2) is 9.78 Å². The fourth-order valence-electron chi connectivity index (χ4n) is 5.21. The number of nitrogens with zero attached hydrogens (tertiary/aromatic N) is 2. The van der Waals surface area contributed by atoms with Crippen molar-refractivity contribution in [3.8, 4) is 21.9 Å². The van der Waals surface area contributed by atoms with E-state index in [4.69, 9.17) is 14.5 Å². The van der Waals surface area contributed by atoms with E-state index in [1.807, 2.05) is 23.1 Å². The van der Waals surface area contributed by atoms with Crippen molar-refractivity contribution in [3.63, 3.8) is 0 Å². The number of ether oxygens (including phenoxy) is 2. The lowest BCUT2D eigenvalue weighted by atomic mass is 10.0. The zero-order valence-corrected chi connectivity index (χ0v) is 21.8. The van der Waals surface area contributed by atoms with Crippen molar-refractivity contribution in [1.29, 1.82) is 0 Å². The molecule has 192 valence electrons. The van der Waals surface area contributed by atoms with Gasteiger partial charge in [-0.05, 0) is 56.7 Å².